The second-order valence-electron chi connectivity index (χ2n) is 5.95. The maximum atomic E-state index is 2.44. The number of fused-ring (bicyclic) bond motifs is 1. The molecule has 1 fully saturated rings. The molecule has 17 heavy (non-hydrogen) atoms. The third kappa shape index (κ3) is 1.74. The van der Waals surface area contributed by atoms with Crippen LogP contribution in [0.4, 0.5) is 0 Å². The summed E-state index contributed by atoms with van der Waals surface area (Å²) in [4.78, 5) is 0. The van der Waals surface area contributed by atoms with Gasteiger partial charge in [-0.15, -0.1) is 0 Å². The van der Waals surface area contributed by atoms with Crippen LogP contribution in [0.2, 0.25) is 0 Å². The zero-order chi connectivity index (χ0) is 12.0. The Morgan fingerprint density at radius 1 is 0.941 bits per heavy atom. The molecule has 0 saturated heterocycles. The molecule has 0 heteroatoms. The predicted octanol–water partition coefficient (Wildman–Crippen LogP) is 4.82. The fourth-order valence-electron chi connectivity index (χ4n) is 3.67. The molecule has 2 aliphatic rings. The van der Waals surface area contributed by atoms with Gasteiger partial charge in [-0.05, 0) is 73.8 Å². The van der Waals surface area contributed by atoms with Gasteiger partial charge in [0.15, 0.2) is 0 Å². The van der Waals surface area contributed by atoms with Gasteiger partial charge in [0.2, 0.25) is 0 Å². The number of allylic oxidation sites excluding steroid dienone is 2. The average molecular weight is 226 g/mol. The summed E-state index contributed by atoms with van der Waals surface area (Å²) in [5.41, 5.74) is 9.40. The van der Waals surface area contributed by atoms with Gasteiger partial charge >= 0.3 is 0 Å². The van der Waals surface area contributed by atoms with E-state index in [9.17, 15) is 0 Å². The molecule has 90 valence electrons. The maximum absolute atomic E-state index is 2.44. The predicted molar refractivity (Wildman–Crippen MR) is 74.2 cm³/mol. The molecule has 0 amide bonds. The van der Waals surface area contributed by atoms with Crippen LogP contribution < -0.4 is 0 Å². The summed E-state index contributed by atoms with van der Waals surface area (Å²) in [6.45, 7) is 6.83. The maximum Gasteiger partial charge on any atom is -0.00576 e. The van der Waals surface area contributed by atoms with Gasteiger partial charge in [0.05, 0.1) is 0 Å². The van der Waals surface area contributed by atoms with Gasteiger partial charge in [-0.3, -0.25) is 0 Å². The average Bonchev–Trinajstić information content (AvgIpc) is 2.86. The molecule has 0 bridgehead atoms. The van der Waals surface area contributed by atoms with Crippen molar-refractivity contribution in [3.05, 3.63) is 40.0 Å². The second kappa shape index (κ2) is 4.01. The van der Waals surface area contributed by atoms with Crippen molar-refractivity contribution in [2.45, 2.75) is 52.9 Å². The van der Waals surface area contributed by atoms with E-state index in [0.29, 0.717) is 0 Å². The molecule has 0 heterocycles. The van der Waals surface area contributed by atoms with Crippen LogP contribution >= 0.6 is 0 Å². The third-order valence-electron chi connectivity index (χ3n) is 4.69. The Morgan fingerprint density at radius 3 is 2.29 bits per heavy atom. The Kier molecular flexibility index (Phi) is 2.61. The van der Waals surface area contributed by atoms with E-state index in [2.05, 4.69) is 32.9 Å². The summed E-state index contributed by atoms with van der Waals surface area (Å²) in [5.74, 6) is 0.860. The number of benzene rings is 1. The Balaban J connectivity index is 2.07. The molecule has 0 spiro atoms. The number of aryl methyl sites for hydroxylation is 2. The minimum absolute atomic E-state index is 0.860. The van der Waals surface area contributed by atoms with Crippen molar-refractivity contribution >= 4 is 5.57 Å². The first-order valence-electron chi connectivity index (χ1n) is 6.97. The van der Waals surface area contributed by atoms with Crippen molar-refractivity contribution < 1.29 is 0 Å². The van der Waals surface area contributed by atoms with Gasteiger partial charge in [-0.1, -0.05) is 30.5 Å². The molecule has 3 rings (SSSR count). The van der Waals surface area contributed by atoms with Gasteiger partial charge in [-0.25, -0.2) is 0 Å². The van der Waals surface area contributed by atoms with Crippen LogP contribution in [0.25, 0.3) is 5.57 Å². The summed E-state index contributed by atoms with van der Waals surface area (Å²) in [6, 6.07) is 4.85. The normalized spacial score (nSPS) is 20.2. The molecule has 0 radical (unpaired) electrons. The highest BCUT2D eigenvalue weighted by atomic mass is 14.3. The van der Waals surface area contributed by atoms with E-state index < -0.39 is 0 Å². The van der Waals surface area contributed by atoms with E-state index in [0.717, 1.165) is 5.92 Å². The first kappa shape index (κ1) is 11.1. The molecule has 1 aromatic rings. The highest BCUT2D eigenvalue weighted by Crippen LogP contribution is 2.44. The van der Waals surface area contributed by atoms with Crippen molar-refractivity contribution in [2.75, 3.05) is 0 Å². The van der Waals surface area contributed by atoms with Gasteiger partial charge in [0.25, 0.3) is 0 Å². The van der Waals surface area contributed by atoms with Crippen LogP contribution in [0.5, 0.6) is 0 Å². The van der Waals surface area contributed by atoms with Gasteiger partial charge in [0.1, 0.15) is 0 Å². The summed E-state index contributed by atoms with van der Waals surface area (Å²) in [7, 11) is 0. The minimum atomic E-state index is 0.860. The van der Waals surface area contributed by atoms with E-state index in [1.54, 1.807) is 22.3 Å². The molecular weight excluding hydrogens is 204 g/mol. The van der Waals surface area contributed by atoms with Crippen molar-refractivity contribution in [2.24, 2.45) is 5.92 Å². The standard InChI is InChI=1S/C17H22/c1-11-8-15-9-13(3)17(14-6-4-5-7-14)16(15)10-12(11)2/h8,10,14H,4-7,9H2,1-3H3. The summed E-state index contributed by atoms with van der Waals surface area (Å²) < 4.78 is 0. The molecule has 0 unspecified atom stereocenters. The van der Waals surface area contributed by atoms with Crippen LogP contribution in [0.3, 0.4) is 0 Å². The van der Waals surface area contributed by atoms with E-state index >= 15 is 0 Å². The number of hydrogen-bond acceptors (Lipinski definition) is 0. The molecule has 0 aromatic heterocycles. The third-order valence-corrected chi connectivity index (χ3v) is 4.69. The molecule has 0 atom stereocenters. The topological polar surface area (TPSA) is 0 Å². The molecule has 0 nitrogen and oxygen atoms in total. The second-order valence-corrected chi connectivity index (χ2v) is 5.95. The number of hydrogen-bond donors (Lipinski definition) is 0. The first-order chi connectivity index (χ1) is 8.16. The lowest BCUT2D eigenvalue weighted by atomic mass is 9.89. The fourth-order valence-corrected chi connectivity index (χ4v) is 3.67. The van der Waals surface area contributed by atoms with Gasteiger partial charge in [-0.2, -0.15) is 0 Å². The summed E-state index contributed by atoms with van der Waals surface area (Å²) >= 11 is 0. The van der Waals surface area contributed by atoms with E-state index in [4.69, 9.17) is 0 Å². The van der Waals surface area contributed by atoms with Gasteiger partial charge < -0.3 is 0 Å². The Labute approximate surface area is 105 Å². The van der Waals surface area contributed by atoms with Crippen molar-refractivity contribution in [1.29, 1.82) is 0 Å². The highest BCUT2D eigenvalue weighted by Gasteiger charge is 2.28. The molecule has 0 N–H and O–H groups in total. The Morgan fingerprint density at radius 2 is 1.59 bits per heavy atom. The molecule has 2 aliphatic carbocycles. The van der Waals surface area contributed by atoms with Crippen molar-refractivity contribution in [3.63, 3.8) is 0 Å². The largest absolute Gasteiger partial charge is 0.0648 e. The zero-order valence-electron chi connectivity index (χ0n) is 11.3. The lowest BCUT2D eigenvalue weighted by molar-refractivity contribution is 0.704. The monoisotopic (exact) mass is 226 g/mol. The SMILES string of the molecule is CC1=C(C2CCCC2)c2cc(C)c(C)cc2C1. The van der Waals surface area contributed by atoms with Crippen molar-refractivity contribution in [3.8, 4) is 0 Å². The zero-order valence-corrected chi connectivity index (χ0v) is 11.3. The van der Waals surface area contributed by atoms with Crippen LogP contribution in [-0.2, 0) is 6.42 Å². The lowest BCUT2D eigenvalue weighted by Gasteiger charge is -2.15. The van der Waals surface area contributed by atoms with Crippen LogP contribution in [0, 0.1) is 19.8 Å². The Hall–Kier alpha value is -1.04. The fraction of sp³-hybridized carbons (Fsp3) is 0.529. The minimum Gasteiger partial charge on any atom is -0.0648 e. The smallest absolute Gasteiger partial charge is 0.00576 e. The van der Waals surface area contributed by atoms with Crippen molar-refractivity contribution in [1.82, 2.24) is 0 Å². The summed E-state index contributed by atoms with van der Waals surface area (Å²) in [5, 5.41) is 0. The highest BCUT2D eigenvalue weighted by molar-refractivity contribution is 5.78. The van der Waals surface area contributed by atoms with E-state index in [-0.39, 0.29) is 0 Å². The van der Waals surface area contributed by atoms with E-state index in [1.807, 2.05) is 0 Å². The van der Waals surface area contributed by atoms with Crippen LogP contribution in [-0.4, -0.2) is 0 Å². The first-order valence-corrected chi connectivity index (χ1v) is 6.97. The molecule has 1 aromatic carbocycles. The van der Waals surface area contributed by atoms with Crippen LogP contribution in [0.15, 0.2) is 17.7 Å². The van der Waals surface area contributed by atoms with Gasteiger partial charge in [0, 0.05) is 0 Å². The lowest BCUT2D eigenvalue weighted by Crippen LogP contribution is -1.98. The Bertz CT molecular complexity index is 485. The molecule has 0 aliphatic heterocycles. The van der Waals surface area contributed by atoms with E-state index in [1.165, 1.54) is 43.2 Å². The summed E-state index contributed by atoms with van der Waals surface area (Å²) in [6.07, 6.45) is 6.89. The quantitative estimate of drug-likeness (QED) is 0.644. The number of rotatable bonds is 1. The molecular formula is C17H22. The van der Waals surface area contributed by atoms with Crippen LogP contribution in [0.1, 0.15) is 54.9 Å². The molecule has 1 saturated carbocycles.